The molecule has 1 unspecified atom stereocenters. The van der Waals surface area contributed by atoms with E-state index in [-0.39, 0.29) is 5.75 Å². The van der Waals surface area contributed by atoms with E-state index in [2.05, 4.69) is 4.98 Å². The minimum Gasteiger partial charge on any atom is -0.453 e. The first-order valence-corrected chi connectivity index (χ1v) is 6.61. The Kier molecular flexibility index (Phi) is 3.49. The molecule has 0 saturated carbocycles. The van der Waals surface area contributed by atoms with Crippen molar-refractivity contribution in [2.45, 2.75) is 17.4 Å². The molecule has 0 radical (unpaired) electrons. The number of aromatic nitrogens is 1. The Morgan fingerprint density at radius 2 is 1.80 bits per heavy atom. The quantitative estimate of drug-likeness (QED) is 0.637. The number of alkyl halides is 3. The maximum Gasteiger partial charge on any atom is 0.326 e. The van der Waals surface area contributed by atoms with Crippen LogP contribution < -0.4 is 4.74 Å². The van der Waals surface area contributed by atoms with E-state index in [0.29, 0.717) is 18.2 Å². The molecule has 130 valence electrons. The highest BCUT2D eigenvalue weighted by molar-refractivity contribution is 5.53. The molecule has 5 nitrogen and oxygen atoms in total. The second-order valence-electron chi connectivity index (χ2n) is 5.26. The summed E-state index contributed by atoms with van der Waals surface area (Å²) in [6.45, 7) is 0. The standard InChI is InChI=1S/C15H7F5N2O3/c16-7-3-8(5-22-4-7)25-10-2-1-9-11(12(10)17)15(23,24)13(18,6-21)14(9,19)20/h1-5,23-24H. The topological polar surface area (TPSA) is 86.4 Å². The van der Waals surface area contributed by atoms with Crippen LogP contribution in [-0.2, 0) is 11.7 Å². The third-order valence-electron chi connectivity index (χ3n) is 3.77. The number of fused-ring (bicyclic) bond motifs is 1. The lowest BCUT2D eigenvalue weighted by atomic mass is 9.95. The highest BCUT2D eigenvalue weighted by atomic mass is 19.3. The molecule has 0 fully saturated rings. The molecule has 1 aromatic heterocycles. The average molecular weight is 358 g/mol. The summed E-state index contributed by atoms with van der Waals surface area (Å²) in [7, 11) is 0. The number of nitrogens with zero attached hydrogens (tertiary/aromatic N) is 2. The number of nitriles is 1. The van der Waals surface area contributed by atoms with E-state index in [1.807, 2.05) is 0 Å². The molecule has 2 aromatic rings. The number of ether oxygens (including phenoxy) is 1. The van der Waals surface area contributed by atoms with E-state index in [4.69, 9.17) is 10.00 Å². The van der Waals surface area contributed by atoms with Gasteiger partial charge < -0.3 is 14.9 Å². The van der Waals surface area contributed by atoms with Crippen LogP contribution in [0.4, 0.5) is 22.0 Å². The molecule has 0 saturated heterocycles. The monoisotopic (exact) mass is 358 g/mol. The molecule has 0 aliphatic heterocycles. The summed E-state index contributed by atoms with van der Waals surface area (Å²) in [5, 5.41) is 28.1. The average Bonchev–Trinajstić information content (AvgIpc) is 2.66. The number of hydrogen-bond acceptors (Lipinski definition) is 5. The molecule has 3 rings (SSSR count). The zero-order valence-corrected chi connectivity index (χ0v) is 12.0. The number of rotatable bonds is 2. The molecule has 1 aromatic carbocycles. The first kappa shape index (κ1) is 17.1. The van der Waals surface area contributed by atoms with Crippen molar-refractivity contribution in [2.75, 3.05) is 0 Å². The molecule has 10 heteroatoms. The summed E-state index contributed by atoms with van der Waals surface area (Å²) in [6.07, 6.45) is 1.80. The number of aliphatic hydroxyl groups is 2. The number of pyridine rings is 1. The zero-order valence-electron chi connectivity index (χ0n) is 12.0. The Hall–Kier alpha value is -2.77. The third kappa shape index (κ3) is 2.09. The lowest BCUT2D eigenvalue weighted by Gasteiger charge is -2.28. The lowest BCUT2D eigenvalue weighted by molar-refractivity contribution is -0.284. The number of halogens is 5. The minimum absolute atomic E-state index is 0.322. The molecule has 0 amide bonds. The van der Waals surface area contributed by atoms with Crippen molar-refractivity contribution in [3.8, 4) is 17.6 Å². The molecule has 0 spiro atoms. The van der Waals surface area contributed by atoms with Crippen LogP contribution in [0.25, 0.3) is 0 Å². The molecular formula is C15H7F5N2O3. The summed E-state index contributed by atoms with van der Waals surface area (Å²) in [4.78, 5) is 3.43. The third-order valence-corrected chi connectivity index (χ3v) is 3.77. The van der Waals surface area contributed by atoms with Crippen molar-refractivity contribution in [3.63, 3.8) is 0 Å². The Morgan fingerprint density at radius 3 is 2.40 bits per heavy atom. The normalized spacial score (nSPS) is 23.0. The maximum absolute atomic E-state index is 14.5. The summed E-state index contributed by atoms with van der Waals surface area (Å²) in [5.41, 5.74) is -7.46. The Morgan fingerprint density at radius 1 is 1.12 bits per heavy atom. The minimum atomic E-state index is -4.69. The van der Waals surface area contributed by atoms with Gasteiger partial charge in [0.15, 0.2) is 11.6 Å². The molecule has 1 heterocycles. The fraction of sp³-hybridized carbons (Fsp3) is 0.200. The van der Waals surface area contributed by atoms with Gasteiger partial charge in [0.1, 0.15) is 17.6 Å². The zero-order chi connectivity index (χ0) is 18.6. The highest BCUT2D eigenvalue weighted by Crippen LogP contribution is 2.59. The van der Waals surface area contributed by atoms with Gasteiger partial charge in [-0.2, -0.15) is 14.0 Å². The van der Waals surface area contributed by atoms with Crippen LogP contribution in [0.15, 0.2) is 30.6 Å². The largest absolute Gasteiger partial charge is 0.453 e. The van der Waals surface area contributed by atoms with Crippen molar-refractivity contribution < 1.29 is 36.9 Å². The van der Waals surface area contributed by atoms with Crippen LogP contribution >= 0.6 is 0 Å². The Labute approximate surface area is 136 Å². The Bertz CT molecular complexity index is 913. The van der Waals surface area contributed by atoms with Gasteiger partial charge in [-0.05, 0) is 12.1 Å². The SMILES string of the molecule is N#CC1(F)C(O)(O)c2c(ccc(Oc3cncc(F)c3)c2F)C1(F)F. The summed E-state index contributed by atoms with van der Waals surface area (Å²) < 4.78 is 75.0. The smallest absolute Gasteiger partial charge is 0.326 e. The van der Waals surface area contributed by atoms with Crippen LogP contribution in [0.1, 0.15) is 11.1 Å². The van der Waals surface area contributed by atoms with Gasteiger partial charge in [-0.3, -0.25) is 4.98 Å². The van der Waals surface area contributed by atoms with Crippen LogP contribution in [-0.4, -0.2) is 20.9 Å². The van der Waals surface area contributed by atoms with Crippen molar-refractivity contribution in [1.29, 1.82) is 5.26 Å². The summed E-state index contributed by atoms with van der Waals surface area (Å²) in [6, 6.07) is 2.43. The molecule has 2 N–H and O–H groups in total. The van der Waals surface area contributed by atoms with Gasteiger partial charge in [0.2, 0.25) is 5.79 Å². The first-order valence-electron chi connectivity index (χ1n) is 6.61. The van der Waals surface area contributed by atoms with E-state index in [1.165, 1.54) is 0 Å². The van der Waals surface area contributed by atoms with E-state index < -0.39 is 45.9 Å². The summed E-state index contributed by atoms with van der Waals surface area (Å²) >= 11 is 0. The fourth-order valence-corrected chi connectivity index (χ4v) is 2.54. The van der Waals surface area contributed by atoms with Crippen LogP contribution in [0, 0.1) is 23.0 Å². The highest BCUT2D eigenvalue weighted by Gasteiger charge is 2.77. The predicted molar refractivity (Wildman–Crippen MR) is 70.1 cm³/mol. The second-order valence-corrected chi connectivity index (χ2v) is 5.26. The predicted octanol–water partition coefficient (Wildman–Crippen LogP) is 2.63. The lowest BCUT2D eigenvalue weighted by Crippen LogP contribution is -2.51. The Balaban J connectivity index is 2.17. The first-order chi connectivity index (χ1) is 11.6. The molecule has 1 aliphatic carbocycles. The van der Waals surface area contributed by atoms with E-state index in [0.717, 1.165) is 18.5 Å². The van der Waals surface area contributed by atoms with Crippen LogP contribution in [0.2, 0.25) is 0 Å². The molecule has 1 aliphatic rings. The second kappa shape index (κ2) is 5.11. The number of hydrogen-bond donors (Lipinski definition) is 2. The van der Waals surface area contributed by atoms with Crippen molar-refractivity contribution in [1.82, 2.24) is 4.98 Å². The van der Waals surface area contributed by atoms with Crippen molar-refractivity contribution >= 4 is 0 Å². The number of benzene rings is 1. The van der Waals surface area contributed by atoms with Crippen molar-refractivity contribution in [3.05, 3.63) is 53.4 Å². The van der Waals surface area contributed by atoms with Gasteiger partial charge in [0, 0.05) is 11.6 Å². The van der Waals surface area contributed by atoms with Gasteiger partial charge in [-0.1, -0.05) is 0 Å². The van der Waals surface area contributed by atoms with E-state index in [9.17, 15) is 32.2 Å². The molecular weight excluding hydrogens is 351 g/mol. The molecule has 1 atom stereocenters. The van der Waals surface area contributed by atoms with Crippen LogP contribution in [0.3, 0.4) is 0 Å². The van der Waals surface area contributed by atoms with Gasteiger partial charge in [0.05, 0.1) is 18.0 Å². The van der Waals surface area contributed by atoms with Gasteiger partial charge in [-0.15, -0.1) is 0 Å². The van der Waals surface area contributed by atoms with Gasteiger partial charge in [-0.25, -0.2) is 13.2 Å². The van der Waals surface area contributed by atoms with E-state index >= 15 is 0 Å². The van der Waals surface area contributed by atoms with Crippen molar-refractivity contribution in [2.24, 2.45) is 0 Å². The molecule has 25 heavy (non-hydrogen) atoms. The molecule has 0 bridgehead atoms. The van der Waals surface area contributed by atoms with Gasteiger partial charge in [0.25, 0.3) is 0 Å². The van der Waals surface area contributed by atoms with E-state index in [1.54, 1.807) is 0 Å². The van der Waals surface area contributed by atoms with Gasteiger partial charge >= 0.3 is 11.6 Å². The maximum atomic E-state index is 14.5. The van der Waals surface area contributed by atoms with Crippen LogP contribution in [0.5, 0.6) is 11.5 Å². The summed E-state index contributed by atoms with van der Waals surface area (Å²) in [5.74, 6) is -12.5. The fourth-order valence-electron chi connectivity index (χ4n) is 2.54.